The number of rotatable bonds is 3. The van der Waals surface area contributed by atoms with Crippen molar-refractivity contribution in [3.63, 3.8) is 0 Å². The second kappa shape index (κ2) is 7.27. The number of amides is 1. The van der Waals surface area contributed by atoms with E-state index in [-0.39, 0.29) is 11.5 Å². The Morgan fingerprint density at radius 1 is 1.29 bits per heavy atom. The largest absolute Gasteiger partial charge is 0.337 e. The third-order valence-corrected chi connectivity index (χ3v) is 5.38. The van der Waals surface area contributed by atoms with Gasteiger partial charge in [-0.3, -0.25) is 14.5 Å². The van der Waals surface area contributed by atoms with Gasteiger partial charge in [0, 0.05) is 37.6 Å². The molecule has 0 aromatic carbocycles. The van der Waals surface area contributed by atoms with E-state index in [1.165, 1.54) is 4.88 Å². The van der Waals surface area contributed by atoms with Gasteiger partial charge in [0.15, 0.2) is 0 Å². The molecule has 0 unspecified atom stereocenters. The van der Waals surface area contributed by atoms with Crippen LogP contribution in [0.4, 0.5) is 0 Å². The Kier molecular flexibility index (Phi) is 5.11. The molecule has 6 nitrogen and oxygen atoms in total. The summed E-state index contributed by atoms with van der Waals surface area (Å²) < 4.78 is 0. The summed E-state index contributed by atoms with van der Waals surface area (Å²) in [5, 5.41) is 8.43. The second-order valence-electron chi connectivity index (χ2n) is 6.14. The molecule has 0 bridgehead atoms. The van der Waals surface area contributed by atoms with Gasteiger partial charge in [-0.25, -0.2) is 5.10 Å². The van der Waals surface area contributed by atoms with Gasteiger partial charge >= 0.3 is 0 Å². The zero-order chi connectivity index (χ0) is 17.1. The minimum absolute atomic E-state index is 0.183. The van der Waals surface area contributed by atoms with E-state index in [1.54, 1.807) is 30.1 Å². The number of nitrogens with zero attached hydrogens (tertiary/aromatic N) is 3. The molecule has 128 valence electrons. The van der Waals surface area contributed by atoms with Crippen LogP contribution in [0, 0.1) is 13.8 Å². The Bertz CT molecular complexity index is 769. The lowest BCUT2D eigenvalue weighted by Crippen LogP contribution is -2.38. The van der Waals surface area contributed by atoms with Gasteiger partial charge in [-0.1, -0.05) is 6.07 Å². The molecule has 1 amide bonds. The van der Waals surface area contributed by atoms with Crippen molar-refractivity contribution in [2.75, 3.05) is 26.2 Å². The summed E-state index contributed by atoms with van der Waals surface area (Å²) in [7, 11) is 0. The van der Waals surface area contributed by atoms with Gasteiger partial charge in [-0.05, 0) is 37.3 Å². The van der Waals surface area contributed by atoms with Crippen molar-refractivity contribution in [2.24, 2.45) is 0 Å². The molecule has 1 saturated heterocycles. The van der Waals surface area contributed by atoms with Gasteiger partial charge < -0.3 is 4.90 Å². The van der Waals surface area contributed by atoms with Crippen LogP contribution in [0.2, 0.25) is 0 Å². The summed E-state index contributed by atoms with van der Waals surface area (Å²) in [5.41, 5.74) is 1.19. The molecule has 0 aliphatic carbocycles. The van der Waals surface area contributed by atoms with Gasteiger partial charge in [0.25, 0.3) is 11.5 Å². The number of aromatic nitrogens is 2. The van der Waals surface area contributed by atoms with Crippen LogP contribution in [0.1, 0.15) is 32.9 Å². The highest BCUT2D eigenvalue weighted by atomic mass is 32.1. The van der Waals surface area contributed by atoms with Crippen LogP contribution < -0.4 is 5.56 Å². The van der Waals surface area contributed by atoms with Crippen molar-refractivity contribution >= 4 is 17.2 Å². The van der Waals surface area contributed by atoms with Crippen molar-refractivity contribution in [3.8, 4) is 0 Å². The van der Waals surface area contributed by atoms with E-state index in [0.717, 1.165) is 26.1 Å². The summed E-state index contributed by atoms with van der Waals surface area (Å²) in [6.45, 7) is 7.62. The molecule has 24 heavy (non-hydrogen) atoms. The minimum atomic E-state index is -0.400. The van der Waals surface area contributed by atoms with Crippen LogP contribution >= 0.6 is 11.3 Å². The van der Waals surface area contributed by atoms with E-state index < -0.39 is 5.56 Å². The molecule has 3 rings (SSSR count). The Labute approximate surface area is 145 Å². The second-order valence-corrected chi connectivity index (χ2v) is 7.17. The van der Waals surface area contributed by atoms with Crippen LogP contribution in [0.25, 0.3) is 0 Å². The van der Waals surface area contributed by atoms with Gasteiger partial charge in [0.05, 0.1) is 5.69 Å². The van der Waals surface area contributed by atoms with Gasteiger partial charge in [0.2, 0.25) is 0 Å². The fourth-order valence-corrected chi connectivity index (χ4v) is 3.74. The molecule has 1 fully saturated rings. The molecule has 2 aromatic rings. The normalized spacial score (nSPS) is 16.2. The SMILES string of the molecule is Cc1n[nH]c(=O)c(C(=O)N2CCCN(Cc3cccs3)CC2)c1C. The van der Waals surface area contributed by atoms with Gasteiger partial charge in [0.1, 0.15) is 5.56 Å². The molecule has 0 radical (unpaired) electrons. The molecule has 0 spiro atoms. The monoisotopic (exact) mass is 346 g/mol. The highest BCUT2D eigenvalue weighted by Gasteiger charge is 2.24. The molecule has 1 aliphatic rings. The van der Waals surface area contributed by atoms with Crippen LogP contribution in [0.3, 0.4) is 0 Å². The topological polar surface area (TPSA) is 69.3 Å². The van der Waals surface area contributed by atoms with Crippen molar-refractivity contribution in [3.05, 3.63) is 49.6 Å². The maximum atomic E-state index is 12.8. The maximum Gasteiger partial charge on any atom is 0.277 e. The lowest BCUT2D eigenvalue weighted by Gasteiger charge is -2.22. The molecule has 0 saturated carbocycles. The molecule has 1 N–H and O–H groups in total. The maximum absolute atomic E-state index is 12.8. The van der Waals surface area contributed by atoms with Crippen LogP contribution in [-0.4, -0.2) is 52.1 Å². The van der Waals surface area contributed by atoms with Crippen molar-refractivity contribution in [1.82, 2.24) is 20.0 Å². The zero-order valence-corrected chi connectivity index (χ0v) is 14.9. The lowest BCUT2D eigenvalue weighted by molar-refractivity contribution is 0.0758. The molecule has 1 aliphatic heterocycles. The Morgan fingerprint density at radius 2 is 2.12 bits per heavy atom. The third kappa shape index (κ3) is 3.57. The lowest BCUT2D eigenvalue weighted by atomic mass is 10.1. The van der Waals surface area contributed by atoms with E-state index in [2.05, 4.69) is 32.6 Å². The molecule has 7 heteroatoms. The number of aromatic amines is 1. The van der Waals surface area contributed by atoms with Crippen molar-refractivity contribution < 1.29 is 4.79 Å². The van der Waals surface area contributed by atoms with E-state index in [1.807, 2.05) is 0 Å². The average molecular weight is 346 g/mol. The van der Waals surface area contributed by atoms with E-state index in [0.29, 0.717) is 24.3 Å². The number of hydrogen-bond acceptors (Lipinski definition) is 5. The average Bonchev–Trinajstić information content (AvgIpc) is 2.96. The first-order valence-electron chi connectivity index (χ1n) is 8.16. The fourth-order valence-electron chi connectivity index (χ4n) is 3.00. The number of carbonyl (C=O) groups excluding carboxylic acids is 1. The standard InChI is InChI=1S/C17H22N4O2S/c1-12-13(2)18-19-16(22)15(12)17(23)21-7-4-6-20(8-9-21)11-14-5-3-10-24-14/h3,5,10H,4,6-9,11H2,1-2H3,(H,19,22). The molecular formula is C17H22N4O2S. The fraction of sp³-hybridized carbons (Fsp3) is 0.471. The summed E-state index contributed by atoms with van der Waals surface area (Å²) in [6, 6.07) is 4.20. The first kappa shape index (κ1) is 16.9. The summed E-state index contributed by atoms with van der Waals surface area (Å²) in [4.78, 5) is 30.4. The molecule has 0 atom stereocenters. The first-order chi connectivity index (χ1) is 11.6. The number of carbonyl (C=O) groups is 1. The van der Waals surface area contributed by atoms with E-state index in [4.69, 9.17) is 0 Å². The van der Waals surface area contributed by atoms with Gasteiger partial charge in [-0.15, -0.1) is 11.3 Å². The van der Waals surface area contributed by atoms with Crippen LogP contribution in [-0.2, 0) is 6.54 Å². The van der Waals surface area contributed by atoms with Crippen LogP contribution in [0.5, 0.6) is 0 Å². The van der Waals surface area contributed by atoms with E-state index in [9.17, 15) is 9.59 Å². The molecular weight excluding hydrogens is 324 g/mol. The Hall–Kier alpha value is -1.99. The van der Waals surface area contributed by atoms with Crippen LogP contribution in [0.15, 0.2) is 22.3 Å². The number of nitrogens with one attached hydrogen (secondary N) is 1. The Morgan fingerprint density at radius 3 is 2.88 bits per heavy atom. The highest BCUT2D eigenvalue weighted by Crippen LogP contribution is 2.15. The summed E-state index contributed by atoms with van der Waals surface area (Å²) in [6.07, 6.45) is 0.915. The molecule has 3 heterocycles. The molecule has 2 aromatic heterocycles. The number of hydrogen-bond donors (Lipinski definition) is 1. The quantitative estimate of drug-likeness (QED) is 0.920. The van der Waals surface area contributed by atoms with Gasteiger partial charge in [-0.2, -0.15) is 5.10 Å². The zero-order valence-electron chi connectivity index (χ0n) is 14.0. The highest BCUT2D eigenvalue weighted by molar-refractivity contribution is 7.09. The number of H-pyrrole nitrogens is 1. The number of thiophene rings is 1. The summed E-state index contributed by atoms with van der Waals surface area (Å²) in [5.74, 6) is -0.183. The first-order valence-corrected chi connectivity index (χ1v) is 9.04. The third-order valence-electron chi connectivity index (χ3n) is 4.52. The number of aryl methyl sites for hydroxylation is 1. The summed E-state index contributed by atoms with van der Waals surface area (Å²) >= 11 is 1.76. The minimum Gasteiger partial charge on any atom is -0.337 e. The predicted molar refractivity (Wildman–Crippen MR) is 94.4 cm³/mol. The Balaban J connectivity index is 1.71. The predicted octanol–water partition coefficient (Wildman–Crippen LogP) is 1.80. The van der Waals surface area contributed by atoms with Crippen molar-refractivity contribution in [1.29, 1.82) is 0 Å². The van der Waals surface area contributed by atoms with Crippen molar-refractivity contribution in [2.45, 2.75) is 26.8 Å². The smallest absolute Gasteiger partial charge is 0.277 e. The van der Waals surface area contributed by atoms with E-state index >= 15 is 0 Å².